The third-order valence-corrected chi connectivity index (χ3v) is 4.16. The van der Waals surface area contributed by atoms with Crippen molar-refractivity contribution in [1.82, 2.24) is 0 Å². The zero-order valence-electron chi connectivity index (χ0n) is 9.58. The lowest BCUT2D eigenvalue weighted by Crippen LogP contribution is -2.29. The van der Waals surface area contributed by atoms with Gasteiger partial charge >= 0.3 is 0 Å². The number of fused-ring (bicyclic) bond motifs is 1. The molecule has 0 aromatic carbocycles. The summed E-state index contributed by atoms with van der Waals surface area (Å²) in [5, 5.41) is 0. The Bertz CT molecular complexity index is 204. The van der Waals surface area contributed by atoms with Crippen molar-refractivity contribution in [3.8, 4) is 0 Å². The van der Waals surface area contributed by atoms with E-state index in [0.29, 0.717) is 0 Å². The normalized spacial score (nSPS) is 46.1. The molecule has 2 aliphatic rings. The van der Waals surface area contributed by atoms with Gasteiger partial charge in [0.2, 0.25) is 0 Å². The third-order valence-electron chi connectivity index (χ3n) is 4.16. The van der Waals surface area contributed by atoms with Crippen LogP contribution in [0.2, 0.25) is 0 Å². The van der Waals surface area contributed by atoms with Gasteiger partial charge in [0.1, 0.15) is 0 Å². The Morgan fingerprint density at radius 2 is 1.86 bits per heavy atom. The van der Waals surface area contributed by atoms with E-state index in [2.05, 4.69) is 32.4 Å². The predicted octanol–water partition coefficient (Wildman–Crippen LogP) is 4.23. The lowest BCUT2D eigenvalue weighted by molar-refractivity contribution is 0.174. The Labute approximate surface area is 88.8 Å². The summed E-state index contributed by atoms with van der Waals surface area (Å²) < 4.78 is 0. The monoisotopic (exact) mass is 191 g/mol. The van der Waals surface area contributed by atoms with Gasteiger partial charge in [0.25, 0.3) is 0 Å². The molecule has 2 aliphatic carbocycles. The zero-order chi connectivity index (χ0) is 9.97. The molecule has 0 aliphatic heterocycles. The molecule has 79 valence electrons. The summed E-state index contributed by atoms with van der Waals surface area (Å²) in [5.41, 5.74) is 0. The summed E-state index contributed by atoms with van der Waals surface area (Å²) in [4.78, 5) is 0. The van der Waals surface area contributed by atoms with Gasteiger partial charge in [-0.1, -0.05) is 32.4 Å². The van der Waals surface area contributed by atoms with Gasteiger partial charge in [0.15, 0.2) is 0 Å². The van der Waals surface area contributed by atoms with Crippen molar-refractivity contribution in [3.63, 3.8) is 0 Å². The highest BCUT2D eigenvalue weighted by atomic mass is 14.4. The van der Waals surface area contributed by atoms with E-state index in [4.69, 9.17) is 0 Å². The minimum Gasteiger partial charge on any atom is -0.0883 e. The first-order valence-electron chi connectivity index (χ1n) is 6.25. The molecular weight excluding hydrogens is 168 g/mol. The molecule has 1 saturated carbocycles. The summed E-state index contributed by atoms with van der Waals surface area (Å²) in [6.07, 6.45) is 14.2. The van der Waals surface area contributed by atoms with Crippen LogP contribution >= 0.6 is 0 Å². The summed E-state index contributed by atoms with van der Waals surface area (Å²) in [5.74, 6) is 3.72. The highest BCUT2D eigenvalue weighted by molar-refractivity contribution is 4.98. The van der Waals surface area contributed by atoms with Gasteiger partial charge in [-0.15, -0.1) is 0 Å². The van der Waals surface area contributed by atoms with Crippen LogP contribution in [0, 0.1) is 30.1 Å². The van der Waals surface area contributed by atoms with Gasteiger partial charge in [0.05, 0.1) is 0 Å². The molecule has 0 bridgehead atoms. The zero-order valence-corrected chi connectivity index (χ0v) is 9.58. The van der Waals surface area contributed by atoms with Crippen molar-refractivity contribution in [2.75, 3.05) is 0 Å². The maximum atomic E-state index is 2.59. The molecule has 0 N–H and O–H groups in total. The second-order valence-electron chi connectivity index (χ2n) is 5.40. The Morgan fingerprint density at radius 3 is 2.71 bits per heavy atom. The van der Waals surface area contributed by atoms with E-state index < -0.39 is 0 Å². The SMILES string of the molecule is CC1C/C=C\CC2[CH]CCC(C)C2C1. The first-order valence-corrected chi connectivity index (χ1v) is 6.25. The molecule has 0 aromatic heterocycles. The molecule has 0 heterocycles. The van der Waals surface area contributed by atoms with Crippen molar-refractivity contribution in [2.24, 2.45) is 23.7 Å². The van der Waals surface area contributed by atoms with Crippen LogP contribution < -0.4 is 0 Å². The molecule has 0 saturated heterocycles. The Hall–Kier alpha value is -0.260. The maximum absolute atomic E-state index is 2.59. The summed E-state index contributed by atoms with van der Waals surface area (Å²) in [6, 6.07) is 0. The molecular formula is C14H23. The van der Waals surface area contributed by atoms with Crippen molar-refractivity contribution in [3.05, 3.63) is 18.6 Å². The van der Waals surface area contributed by atoms with Crippen LogP contribution in [0.5, 0.6) is 0 Å². The van der Waals surface area contributed by atoms with E-state index in [9.17, 15) is 0 Å². The minimum absolute atomic E-state index is 0.887. The highest BCUT2D eigenvalue weighted by Crippen LogP contribution is 2.41. The van der Waals surface area contributed by atoms with Crippen LogP contribution in [-0.4, -0.2) is 0 Å². The first-order chi connectivity index (χ1) is 6.77. The van der Waals surface area contributed by atoms with E-state index in [1.807, 2.05) is 0 Å². The van der Waals surface area contributed by atoms with Gasteiger partial charge in [-0.2, -0.15) is 0 Å². The molecule has 0 aromatic rings. The van der Waals surface area contributed by atoms with E-state index in [1.54, 1.807) is 0 Å². The number of rotatable bonds is 0. The van der Waals surface area contributed by atoms with Crippen LogP contribution in [0.1, 0.15) is 46.0 Å². The summed E-state index contributed by atoms with van der Waals surface area (Å²) in [6.45, 7) is 4.87. The van der Waals surface area contributed by atoms with Gasteiger partial charge in [0, 0.05) is 0 Å². The molecule has 0 amide bonds. The third kappa shape index (κ3) is 2.21. The number of allylic oxidation sites excluding steroid dienone is 2. The standard InChI is InChI=1S/C14H23/c1-11-6-3-4-8-13-9-5-7-12(2)14(13)10-11/h3-4,9,11-14H,5-8,10H2,1-2H3/b4-3-. The average Bonchev–Trinajstić information content (AvgIpc) is 2.14. The lowest BCUT2D eigenvalue weighted by Gasteiger charge is -2.38. The molecule has 4 unspecified atom stereocenters. The fourth-order valence-electron chi connectivity index (χ4n) is 3.20. The van der Waals surface area contributed by atoms with Crippen molar-refractivity contribution >= 4 is 0 Å². The lowest BCUT2D eigenvalue weighted by atomic mass is 9.67. The predicted molar refractivity (Wildman–Crippen MR) is 61.8 cm³/mol. The average molecular weight is 191 g/mol. The molecule has 14 heavy (non-hydrogen) atoms. The van der Waals surface area contributed by atoms with E-state index in [1.165, 1.54) is 32.1 Å². The maximum Gasteiger partial charge on any atom is -0.0317 e. The van der Waals surface area contributed by atoms with Crippen LogP contribution in [0.3, 0.4) is 0 Å². The fraction of sp³-hybridized carbons (Fsp3) is 0.786. The molecule has 2 rings (SSSR count). The molecule has 0 nitrogen and oxygen atoms in total. The smallest absolute Gasteiger partial charge is 0.0317 e. The van der Waals surface area contributed by atoms with Crippen molar-refractivity contribution in [1.29, 1.82) is 0 Å². The van der Waals surface area contributed by atoms with Crippen molar-refractivity contribution in [2.45, 2.75) is 46.0 Å². The van der Waals surface area contributed by atoms with E-state index >= 15 is 0 Å². The van der Waals surface area contributed by atoms with E-state index in [0.717, 1.165) is 23.7 Å². The summed E-state index contributed by atoms with van der Waals surface area (Å²) in [7, 11) is 0. The van der Waals surface area contributed by atoms with Gasteiger partial charge < -0.3 is 0 Å². The van der Waals surface area contributed by atoms with Gasteiger partial charge in [-0.05, 0) is 55.8 Å². The topological polar surface area (TPSA) is 0 Å². The van der Waals surface area contributed by atoms with Crippen molar-refractivity contribution < 1.29 is 0 Å². The fourth-order valence-corrected chi connectivity index (χ4v) is 3.20. The Morgan fingerprint density at radius 1 is 1.07 bits per heavy atom. The van der Waals surface area contributed by atoms with Crippen LogP contribution in [0.25, 0.3) is 0 Å². The second-order valence-corrected chi connectivity index (χ2v) is 5.40. The first kappa shape index (κ1) is 10.3. The van der Waals surface area contributed by atoms with Crippen LogP contribution in [0.15, 0.2) is 12.2 Å². The number of hydrogen-bond donors (Lipinski definition) is 0. The van der Waals surface area contributed by atoms with Gasteiger partial charge in [-0.3, -0.25) is 0 Å². The summed E-state index contributed by atoms with van der Waals surface area (Å²) >= 11 is 0. The molecule has 4 atom stereocenters. The molecule has 0 spiro atoms. The number of hydrogen-bond acceptors (Lipinski definition) is 0. The Kier molecular flexibility index (Phi) is 3.30. The van der Waals surface area contributed by atoms with Crippen LogP contribution in [-0.2, 0) is 0 Å². The quantitative estimate of drug-likeness (QED) is 0.503. The molecule has 1 radical (unpaired) electrons. The minimum atomic E-state index is 0.887. The van der Waals surface area contributed by atoms with Gasteiger partial charge in [-0.25, -0.2) is 0 Å². The largest absolute Gasteiger partial charge is 0.0883 e. The second kappa shape index (κ2) is 4.51. The molecule has 0 heteroatoms. The van der Waals surface area contributed by atoms with Crippen LogP contribution in [0.4, 0.5) is 0 Å². The van der Waals surface area contributed by atoms with E-state index in [-0.39, 0.29) is 0 Å². The molecule has 1 fully saturated rings. The highest BCUT2D eigenvalue weighted by Gasteiger charge is 2.31. The Balaban J connectivity index is 2.07.